The molecule has 0 aromatic rings. The van der Waals surface area contributed by atoms with Crippen molar-refractivity contribution in [3.63, 3.8) is 0 Å². The molecule has 2 aliphatic rings. The summed E-state index contributed by atoms with van der Waals surface area (Å²) in [6.07, 6.45) is 5.15. The number of sulfonamides is 1. The van der Waals surface area contributed by atoms with E-state index in [1.807, 2.05) is 0 Å². The van der Waals surface area contributed by atoms with E-state index >= 15 is 0 Å². The third kappa shape index (κ3) is 3.95. The SMILES string of the molecule is CCC(CC)[C@H]1CCN(S(=O)(=O)CC2CCOCC2)C1. The van der Waals surface area contributed by atoms with Crippen LogP contribution in [0.15, 0.2) is 0 Å². The lowest BCUT2D eigenvalue weighted by atomic mass is 9.87. The molecule has 0 unspecified atom stereocenters. The molecule has 20 heavy (non-hydrogen) atoms. The van der Waals surface area contributed by atoms with Gasteiger partial charge in [-0.1, -0.05) is 26.7 Å². The Morgan fingerprint density at radius 1 is 1.15 bits per heavy atom. The van der Waals surface area contributed by atoms with Gasteiger partial charge in [0.05, 0.1) is 5.75 Å². The largest absolute Gasteiger partial charge is 0.381 e. The van der Waals surface area contributed by atoms with Gasteiger partial charge in [0.15, 0.2) is 0 Å². The van der Waals surface area contributed by atoms with E-state index < -0.39 is 10.0 Å². The lowest BCUT2D eigenvalue weighted by Crippen LogP contribution is -2.35. The van der Waals surface area contributed by atoms with Gasteiger partial charge >= 0.3 is 0 Å². The zero-order valence-electron chi connectivity index (χ0n) is 12.9. The van der Waals surface area contributed by atoms with E-state index in [1.54, 1.807) is 4.31 Å². The minimum Gasteiger partial charge on any atom is -0.381 e. The molecule has 2 heterocycles. The second kappa shape index (κ2) is 7.23. The van der Waals surface area contributed by atoms with Crippen LogP contribution in [0.5, 0.6) is 0 Å². The molecule has 0 spiro atoms. The van der Waals surface area contributed by atoms with Crippen LogP contribution in [0.4, 0.5) is 0 Å². The summed E-state index contributed by atoms with van der Waals surface area (Å²) in [6, 6.07) is 0. The Bertz CT molecular complexity index is 386. The van der Waals surface area contributed by atoms with Crippen LogP contribution in [-0.2, 0) is 14.8 Å². The molecule has 0 saturated carbocycles. The molecular weight excluding hydrogens is 274 g/mol. The summed E-state index contributed by atoms with van der Waals surface area (Å²) in [5, 5.41) is 0. The molecule has 0 N–H and O–H groups in total. The van der Waals surface area contributed by atoms with Crippen molar-refractivity contribution >= 4 is 10.0 Å². The Labute approximate surface area is 123 Å². The highest BCUT2D eigenvalue weighted by molar-refractivity contribution is 7.89. The summed E-state index contributed by atoms with van der Waals surface area (Å²) < 4.78 is 32.1. The average molecular weight is 303 g/mol. The molecule has 1 atom stereocenters. The standard InChI is InChI=1S/C15H29NO3S/c1-3-14(4-2)15-5-8-16(11-15)20(17,18)12-13-6-9-19-10-7-13/h13-15H,3-12H2,1-2H3/t15-/m0/s1. The van der Waals surface area contributed by atoms with Crippen molar-refractivity contribution in [1.29, 1.82) is 0 Å². The maximum absolute atomic E-state index is 12.5. The number of hydrogen-bond donors (Lipinski definition) is 0. The van der Waals surface area contributed by atoms with Crippen LogP contribution in [-0.4, -0.2) is 44.8 Å². The van der Waals surface area contributed by atoms with Gasteiger partial charge in [-0.2, -0.15) is 0 Å². The van der Waals surface area contributed by atoms with Crippen molar-refractivity contribution in [3.05, 3.63) is 0 Å². The fourth-order valence-electron chi connectivity index (χ4n) is 3.66. The van der Waals surface area contributed by atoms with Crippen LogP contribution in [0.1, 0.15) is 46.0 Å². The molecule has 0 amide bonds. The first-order valence-electron chi connectivity index (χ1n) is 8.12. The summed E-state index contributed by atoms with van der Waals surface area (Å²) in [5.41, 5.74) is 0. The van der Waals surface area contributed by atoms with Gasteiger partial charge in [0.2, 0.25) is 10.0 Å². The van der Waals surface area contributed by atoms with Crippen LogP contribution in [0.2, 0.25) is 0 Å². The lowest BCUT2D eigenvalue weighted by Gasteiger charge is -2.25. The Balaban J connectivity index is 1.90. The minimum atomic E-state index is -3.06. The van der Waals surface area contributed by atoms with E-state index in [2.05, 4.69) is 13.8 Å². The maximum atomic E-state index is 12.5. The Morgan fingerprint density at radius 2 is 1.80 bits per heavy atom. The van der Waals surface area contributed by atoms with Gasteiger partial charge in [0.1, 0.15) is 0 Å². The number of nitrogens with zero attached hydrogens (tertiary/aromatic N) is 1. The van der Waals surface area contributed by atoms with E-state index in [4.69, 9.17) is 4.74 Å². The van der Waals surface area contributed by atoms with Crippen LogP contribution >= 0.6 is 0 Å². The Morgan fingerprint density at radius 3 is 2.40 bits per heavy atom. The first-order valence-corrected chi connectivity index (χ1v) is 9.73. The number of ether oxygens (including phenoxy) is 1. The molecule has 2 aliphatic heterocycles. The third-order valence-electron chi connectivity index (χ3n) is 5.08. The summed E-state index contributed by atoms with van der Waals surface area (Å²) in [7, 11) is -3.06. The fourth-order valence-corrected chi connectivity index (χ4v) is 5.61. The Hall–Kier alpha value is -0.130. The average Bonchev–Trinajstić information content (AvgIpc) is 2.91. The predicted octanol–water partition coefficient (Wildman–Crippen LogP) is 2.50. The predicted molar refractivity (Wildman–Crippen MR) is 81.1 cm³/mol. The second-order valence-corrected chi connectivity index (χ2v) is 8.33. The van der Waals surface area contributed by atoms with E-state index in [9.17, 15) is 8.42 Å². The highest BCUT2D eigenvalue weighted by Crippen LogP contribution is 2.31. The molecule has 2 rings (SSSR count). The molecule has 0 radical (unpaired) electrons. The fraction of sp³-hybridized carbons (Fsp3) is 1.00. The molecule has 0 bridgehead atoms. The first kappa shape index (κ1) is 16.2. The van der Waals surface area contributed by atoms with Crippen LogP contribution in [0.25, 0.3) is 0 Å². The van der Waals surface area contributed by atoms with E-state index in [-0.39, 0.29) is 0 Å². The molecule has 2 saturated heterocycles. The molecule has 0 aromatic carbocycles. The van der Waals surface area contributed by atoms with Crippen LogP contribution < -0.4 is 0 Å². The quantitative estimate of drug-likeness (QED) is 0.757. The van der Waals surface area contributed by atoms with Crippen molar-refractivity contribution in [2.24, 2.45) is 17.8 Å². The number of hydrogen-bond acceptors (Lipinski definition) is 3. The van der Waals surface area contributed by atoms with Gasteiger partial charge in [-0.05, 0) is 37.0 Å². The highest BCUT2D eigenvalue weighted by atomic mass is 32.2. The van der Waals surface area contributed by atoms with Crippen LogP contribution in [0, 0.1) is 17.8 Å². The van der Waals surface area contributed by atoms with E-state index in [1.165, 1.54) is 0 Å². The van der Waals surface area contributed by atoms with Crippen molar-refractivity contribution in [2.45, 2.75) is 46.0 Å². The summed E-state index contributed by atoms with van der Waals surface area (Å²) >= 11 is 0. The van der Waals surface area contributed by atoms with Gasteiger partial charge in [-0.25, -0.2) is 12.7 Å². The number of rotatable bonds is 6. The normalized spacial score (nSPS) is 26.4. The second-order valence-electron chi connectivity index (χ2n) is 6.32. The zero-order chi connectivity index (χ0) is 14.6. The summed E-state index contributed by atoms with van der Waals surface area (Å²) in [5.74, 6) is 1.86. The van der Waals surface area contributed by atoms with Gasteiger partial charge < -0.3 is 4.74 Å². The van der Waals surface area contributed by atoms with E-state index in [0.717, 1.165) is 58.4 Å². The highest BCUT2D eigenvalue weighted by Gasteiger charge is 2.35. The molecular formula is C15H29NO3S. The zero-order valence-corrected chi connectivity index (χ0v) is 13.7. The topological polar surface area (TPSA) is 46.6 Å². The maximum Gasteiger partial charge on any atom is 0.214 e. The van der Waals surface area contributed by atoms with Gasteiger partial charge in [-0.15, -0.1) is 0 Å². The van der Waals surface area contributed by atoms with Gasteiger partial charge in [0, 0.05) is 26.3 Å². The third-order valence-corrected chi connectivity index (χ3v) is 7.09. The van der Waals surface area contributed by atoms with E-state index in [0.29, 0.717) is 23.5 Å². The Kier molecular flexibility index (Phi) is 5.87. The molecule has 0 aromatic heterocycles. The van der Waals surface area contributed by atoms with Crippen molar-refractivity contribution < 1.29 is 13.2 Å². The molecule has 118 valence electrons. The van der Waals surface area contributed by atoms with Crippen LogP contribution in [0.3, 0.4) is 0 Å². The molecule has 4 nitrogen and oxygen atoms in total. The van der Waals surface area contributed by atoms with Gasteiger partial charge in [-0.3, -0.25) is 0 Å². The molecule has 2 fully saturated rings. The summed E-state index contributed by atoms with van der Waals surface area (Å²) in [6.45, 7) is 7.35. The van der Waals surface area contributed by atoms with Crippen molar-refractivity contribution in [3.8, 4) is 0 Å². The monoisotopic (exact) mass is 303 g/mol. The summed E-state index contributed by atoms with van der Waals surface area (Å²) in [4.78, 5) is 0. The minimum absolute atomic E-state index is 0.293. The first-order chi connectivity index (χ1) is 9.56. The smallest absolute Gasteiger partial charge is 0.214 e. The van der Waals surface area contributed by atoms with Gasteiger partial charge in [0.25, 0.3) is 0 Å². The van der Waals surface area contributed by atoms with Crippen molar-refractivity contribution in [1.82, 2.24) is 4.31 Å². The molecule has 5 heteroatoms. The molecule has 0 aliphatic carbocycles. The van der Waals surface area contributed by atoms with Crippen molar-refractivity contribution in [2.75, 3.05) is 32.1 Å². The lowest BCUT2D eigenvalue weighted by molar-refractivity contribution is 0.0721.